The zero-order valence-corrected chi connectivity index (χ0v) is 13.4. The molecule has 1 aliphatic rings. The molecular formula is C17H25N4O+. The summed E-state index contributed by atoms with van der Waals surface area (Å²) in [5.74, 6) is 1.64. The van der Waals surface area contributed by atoms with E-state index in [4.69, 9.17) is 4.98 Å². The van der Waals surface area contributed by atoms with Crippen LogP contribution >= 0.6 is 0 Å². The molecule has 1 saturated heterocycles. The second-order valence-corrected chi connectivity index (χ2v) is 6.58. The van der Waals surface area contributed by atoms with Gasteiger partial charge in [-0.2, -0.15) is 0 Å². The lowest BCUT2D eigenvalue weighted by Crippen LogP contribution is -3.14. The van der Waals surface area contributed by atoms with Gasteiger partial charge in [0.1, 0.15) is 5.82 Å². The molecule has 1 aromatic heterocycles. The number of aromatic amines is 1. The van der Waals surface area contributed by atoms with Crippen molar-refractivity contribution in [2.45, 2.75) is 38.6 Å². The van der Waals surface area contributed by atoms with E-state index in [1.807, 2.05) is 32.0 Å². The van der Waals surface area contributed by atoms with Crippen molar-refractivity contribution in [3.63, 3.8) is 0 Å². The van der Waals surface area contributed by atoms with Gasteiger partial charge in [-0.1, -0.05) is 12.1 Å². The number of piperidine rings is 1. The number of carbonyl (C=O) groups is 1. The third kappa shape index (κ3) is 3.47. The Balaban J connectivity index is 1.66. The summed E-state index contributed by atoms with van der Waals surface area (Å²) in [5, 5.41) is 2.98. The number of para-hydroxylation sites is 2. The number of benzene rings is 1. The quantitative estimate of drug-likeness (QED) is 0.784. The van der Waals surface area contributed by atoms with E-state index in [9.17, 15) is 4.79 Å². The molecule has 1 fully saturated rings. The Hall–Kier alpha value is -1.88. The summed E-state index contributed by atoms with van der Waals surface area (Å²) in [5.41, 5.74) is 2.13. The van der Waals surface area contributed by atoms with Crippen molar-refractivity contribution in [3.8, 4) is 0 Å². The Labute approximate surface area is 131 Å². The minimum atomic E-state index is 0.148. The molecule has 0 bridgehead atoms. The largest absolute Gasteiger partial charge is 0.349 e. The summed E-state index contributed by atoms with van der Waals surface area (Å²) < 4.78 is 0. The number of H-pyrrole nitrogens is 1. The molecule has 1 aromatic carbocycles. The van der Waals surface area contributed by atoms with E-state index in [0.29, 0.717) is 12.5 Å². The third-order valence-electron chi connectivity index (χ3n) is 4.27. The van der Waals surface area contributed by atoms with Crippen molar-refractivity contribution in [1.82, 2.24) is 15.3 Å². The predicted molar refractivity (Wildman–Crippen MR) is 86.9 cm³/mol. The lowest BCUT2D eigenvalue weighted by atomic mass is 9.97. The lowest BCUT2D eigenvalue weighted by Gasteiger charge is -2.28. The van der Waals surface area contributed by atoms with Crippen LogP contribution in [0.5, 0.6) is 0 Å². The van der Waals surface area contributed by atoms with Crippen molar-refractivity contribution in [2.75, 3.05) is 19.6 Å². The maximum absolute atomic E-state index is 12.0. The van der Waals surface area contributed by atoms with E-state index in [2.05, 4.69) is 16.4 Å². The van der Waals surface area contributed by atoms with Gasteiger partial charge in [-0.25, -0.2) is 4.98 Å². The van der Waals surface area contributed by atoms with Gasteiger partial charge in [0.05, 0.1) is 30.0 Å². The van der Waals surface area contributed by atoms with Crippen LogP contribution < -0.4 is 10.2 Å². The van der Waals surface area contributed by atoms with Crippen LogP contribution in [0.25, 0.3) is 11.0 Å². The van der Waals surface area contributed by atoms with Gasteiger partial charge in [0.2, 0.25) is 0 Å². The molecule has 118 valence electrons. The van der Waals surface area contributed by atoms with E-state index in [1.165, 1.54) is 4.90 Å². The minimum absolute atomic E-state index is 0.148. The fourth-order valence-electron chi connectivity index (χ4n) is 3.31. The Morgan fingerprint density at radius 3 is 3.05 bits per heavy atom. The van der Waals surface area contributed by atoms with Gasteiger partial charge in [-0.05, 0) is 38.8 Å². The zero-order valence-electron chi connectivity index (χ0n) is 13.4. The third-order valence-corrected chi connectivity index (χ3v) is 4.27. The first-order valence-electron chi connectivity index (χ1n) is 8.19. The van der Waals surface area contributed by atoms with E-state index in [0.717, 1.165) is 42.8 Å². The van der Waals surface area contributed by atoms with Gasteiger partial charge < -0.3 is 15.2 Å². The summed E-state index contributed by atoms with van der Waals surface area (Å²) in [6, 6.07) is 8.36. The number of hydrogen-bond acceptors (Lipinski definition) is 2. The summed E-state index contributed by atoms with van der Waals surface area (Å²) in [6.07, 6.45) is 2.29. The molecular weight excluding hydrogens is 276 g/mol. The minimum Gasteiger partial charge on any atom is -0.349 e. The first-order chi connectivity index (χ1) is 10.6. The molecule has 5 nitrogen and oxygen atoms in total. The first-order valence-corrected chi connectivity index (χ1v) is 8.19. The average molecular weight is 301 g/mol. The number of rotatable bonds is 4. The number of likely N-dealkylation sites (tertiary alicyclic amines) is 1. The van der Waals surface area contributed by atoms with Crippen LogP contribution in [-0.4, -0.2) is 41.6 Å². The molecule has 0 radical (unpaired) electrons. The smallest absolute Gasteiger partial charge is 0.275 e. The molecule has 3 N–H and O–H groups in total. The van der Waals surface area contributed by atoms with Gasteiger partial charge in [0.25, 0.3) is 5.91 Å². The Morgan fingerprint density at radius 2 is 2.27 bits per heavy atom. The number of hydrogen-bond donors (Lipinski definition) is 3. The summed E-state index contributed by atoms with van der Waals surface area (Å²) in [4.78, 5) is 21.5. The van der Waals surface area contributed by atoms with Gasteiger partial charge in [0, 0.05) is 6.04 Å². The number of imidazole rings is 1. The molecule has 1 amide bonds. The number of carbonyl (C=O) groups excluding carboxylic acids is 1. The zero-order chi connectivity index (χ0) is 15.5. The highest BCUT2D eigenvalue weighted by Crippen LogP contribution is 2.21. The maximum Gasteiger partial charge on any atom is 0.275 e. The summed E-state index contributed by atoms with van der Waals surface area (Å²) >= 11 is 0. The summed E-state index contributed by atoms with van der Waals surface area (Å²) in [7, 11) is 0. The van der Waals surface area contributed by atoms with Crippen LogP contribution in [0, 0.1) is 0 Å². The molecule has 2 aromatic rings. The van der Waals surface area contributed by atoms with E-state index < -0.39 is 0 Å². The molecule has 0 aliphatic carbocycles. The van der Waals surface area contributed by atoms with Gasteiger partial charge >= 0.3 is 0 Å². The monoisotopic (exact) mass is 301 g/mol. The van der Waals surface area contributed by atoms with Crippen LogP contribution in [-0.2, 0) is 4.79 Å². The van der Waals surface area contributed by atoms with E-state index in [1.54, 1.807) is 0 Å². The van der Waals surface area contributed by atoms with Crippen molar-refractivity contribution >= 4 is 16.9 Å². The molecule has 0 spiro atoms. The normalized spacial score (nSPS) is 22.1. The SMILES string of the molecule is CC(C)NC(=O)C[NH+]1CCC[C@H](c2nc3ccccc3[nH]2)C1. The lowest BCUT2D eigenvalue weighted by molar-refractivity contribution is -0.898. The van der Waals surface area contributed by atoms with Crippen molar-refractivity contribution in [2.24, 2.45) is 0 Å². The van der Waals surface area contributed by atoms with E-state index >= 15 is 0 Å². The van der Waals surface area contributed by atoms with Crippen molar-refractivity contribution in [1.29, 1.82) is 0 Å². The highest BCUT2D eigenvalue weighted by atomic mass is 16.2. The Bertz CT molecular complexity index is 616. The number of nitrogens with zero attached hydrogens (tertiary/aromatic N) is 1. The first kappa shape index (κ1) is 15.0. The Kier molecular flexibility index (Phi) is 4.43. The fourth-order valence-corrected chi connectivity index (χ4v) is 3.31. The van der Waals surface area contributed by atoms with Gasteiger partial charge in [-0.3, -0.25) is 4.79 Å². The predicted octanol–water partition coefficient (Wildman–Crippen LogP) is 0.850. The van der Waals surface area contributed by atoms with Crippen molar-refractivity contribution in [3.05, 3.63) is 30.1 Å². The standard InChI is InChI=1S/C17H24N4O/c1-12(2)18-16(22)11-21-9-5-6-13(10-21)17-19-14-7-3-4-8-15(14)20-17/h3-4,7-8,12-13H,5-6,9-11H2,1-2H3,(H,18,22)(H,19,20)/p+1/t13-/m0/s1. The number of nitrogens with one attached hydrogen (secondary N) is 3. The molecule has 0 saturated carbocycles. The van der Waals surface area contributed by atoms with Crippen LogP contribution in [0.15, 0.2) is 24.3 Å². The molecule has 3 rings (SSSR count). The second-order valence-electron chi connectivity index (χ2n) is 6.58. The van der Waals surface area contributed by atoms with Crippen molar-refractivity contribution < 1.29 is 9.69 Å². The maximum atomic E-state index is 12.0. The Morgan fingerprint density at radius 1 is 1.45 bits per heavy atom. The summed E-state index contributed by atoms with van der Waals surface area (Å²) in [6.45, 7) is 6.61. The molecule has 22 heavy (non-hydrogen) atoms. The highest BCUT2D eigenvalue weighted by Gasteiger charge is 2.28. The second kappa shape index (κ2) is 6.48. The van der Waals surface area contributed by atoms with Crippen LogP contribution in [0.1, 0.15) is 38.4 Å². The van der Waals surface area contributed by atoms with Crippen LogP contribution in [0.3, 0.4) is 0 Å². The molecule has 5 heteroatoms. The number of fused-ring (bicyclic) bond motifs is 1. The molecule has 1 unspecified atom stereocenters. The van der Waals surface area contributed by atoms with Gasteiger partial charge in [0.15, 0.2) is 6.54 Å². The number of amides is 1. The molecule has 2 heterocycles. The number of quaternary nitrogens is 1. The molecule has 1 aliphatic heterocycles. The highest BCUT2D eigenvalue weighted by molar-refractivity contribution is 5.77. The van der Waals surface area contributed by atoms with Crippen LogP contribution in [0.2, 0.25) is 0 Å². The molecule has 2 atom stereocenters. The van der Waals surface area contributed by atoms with E-state index in [-0.39, 0.29) is 11.9 Å². The average Bonchev–Trinajstić information content (AvgIpc) is 2.90. The fraction of sp³-hybridized carbons (Fsp3) is 0.529. The van der Waals surface area contributed by atoms with Gasteiger partial charge in [-0.15, -0.1) is 0 Å². The van der Waals surface area contributed by atoms with Crippen LogP contribution in [0.4, 0.5) is 0 Å². The topological polar surface area (TPSA) is 62.2 Å². The number of aromatic nitrogens is 2.